The van der Waals surface area contributed by atoms with Gasteiger partial charge in [0.25, 0.3) is 0 Å². The van der Waals surface area contributed by atoms with E-state index in [2.05, 4.69) is 12.6 Å². The van der Waals surface area contributed by atoms with E-state index in [1.54, 1.807) is 23.8 Å². The molecule has 1 heterocycles. The molecule has 0 atom stereocenters. The average Bonchev–Trinajstić information content (AvgIpc) is 2.94. The Labute approximate surface area is 139 Å². The molecule has 0 spiro atoms. The van der Waals surface area contributed by atoms with Gasteiger partial charge in [0.15, 0.2) is 11.4 Å². The molecule has 0 aliphatic rings. The Hall–Kier alpha value is -3.52. The first-order valence-corrected chi connectivity index (χ1v) is 7.22. The molecule has 5 heteroatoms. The Morgan fingerprint density at radius 1 is 1.21 bits per heavy atom. The second-order valence-corrected chi connectivity index (χ2v) is 4.94. The van der Waals surface area contributed by atoms with E-state index in [4.69, 9.17) is 9.47 Å². The smallest absolute Gasteiger partial charge is 0.335 e. The number of carbonyl (C=O) groups excluding carboxylic acids is 1. The van der Waals surface area contributed by atoms with Crippen LogP contribution >= 0.6 is 0 Å². The fourth-order valence-corrected chi connectivity index (χ4v) is 2.62. The summed E-state index contributed by atoms with van der Waals surface area (Å²) in [7, 11) is 1.56. The third-order valence-electron chi connectivity index (χ3n) is 3.63. The summed E-state index contributed by atoms with van der Waals surface area (Å²) in [6, 6.07) is 16.8. The van der Waals surface area contributed by atoms with E-state index in [9.17, 15) is 10.1 Å². The quantitative estimate of drug-likeness (QED) is 0.544. The van der Waals surface area contributed by atoms with Gasteiger partial charge in [-0.1, -0.05) is 30.8 Å². The number of carbonyl (C=O) groups is 1. The molecule has 0 saturated heterocycles. The second kappa shape index (κ2) is 6.31. The third-order valence-corrected chi connectivity index (χ3v) is 3.63. The maximum Gasteiger partial charge on any atom is 0.335 e. The Kier molecular flexibility index (Phi) is 4.04. The van der Waals surface area contributed by atoms with Crippen LogP contribution < -0.4 is 9.47 Å². The lowest BCUT2D eigenvalue weighted by Gasteiger charge is -2.11. The number of para-hydroxylation sites is 3. The number of hydrogen-bond acceptors (Lipinski definition) is 4. The van der Waals surface area contributed by atoms with Crippen molar-refractivity contribution in [2.45, 2.75) is 0 Å². The van der Waals surface area contributed by atoms with Gasteiger partial charge in [0.2, 0.25) is 0 Å². The standard InChI is InChI=1S/C19H14N2O3/c1-3-18(22)24-19-13-8-4-5-9-14(13)21(16(19)12-20)15-10-6-7-11-17(15)23-2/h3-11H,1H2,2H3. The number of ether oxygens (including phenoxy) is 2. The van der Waals surface area contributed by atoms with E-state index < -0.39 is 5.97 Å². The fourth-order valence-electron chi connectivity index (χ4n) is 2.62. The topological polar surface area (TPSA) is 64.2 Å². The van der Waals surface area contributed by atoms with Gasteiger partial charge < -0.3 is 9.47 Å². The van der Waals surface area contributed by atoms with Crippen LogP contribution in [0.25, 0.3) is 16.6 Å². The highest BCUT2D eigenvalue weighted by Gasteiger charge is 2.22. The Bertz CT molecular complexity index is 980. The van der Waals surface area contributed by atoms with Gasteiger partial charge in [0, 0.05) is 11.5 Å². The molecule has 0 amide bonds. The molecule has 118 valence electrons. The number of nitrogens with zero attached hydrogens (tertiary/aromatic N) is 2. The highest BCUT2D eigenvalue weighted by atomic mass is 16.5. The van der Waals surface area contributed by atoms with Crippen LogP contribution in [-0.4, -0.2) is 17.6 Å². The van der Waals surface area contributed by atoms with E-state index >= 15 is 0 Å². The van der Waals surface area contributed by atoms with Crippen molar-refractivity contribution >= 4 is 16.9 Å². The van der Waals surface area contributed by atoms with Crippen molar-refractivity contribution in [2.24, 2.45) is 0 Å². The minimum absolute atomic E-state index is 0.212. The average molecular weight is 318 g/mol. The highest BCUT2D eigenvalue weighted by molar-refractivity contribution is 5.95. The zero-order chi connectivity index (χ0) is 17.1. The van der Waals surface area contributed by atoms with E-state index in [1.807, 2.05) is 36.4 Å². The van der Waals surface area contributed by atoms with Crippen LogP contribution in [0.15, 0.2) is 61.2 Å². The molecule has 0 aliphatic heterocycles. The summed E-state index contributed by atoms with van der Waals surface area (Å²) < 4.78 is 12.5. The van der Waals surface area contributed by atoms with Crippen LogP contribution in [0.2, 0.25) is 0 Å². The predicted octanol–water partition coefficient (Wildman–Crippen LogP) is 3.60. The summed E-state index contributed by atoms with van der Waals surface area (Å²) in [5.74, 6) is 0.203. The van der Waals surface area contributed by atoms with E-state index in [0.29, 0.717) is 16.8 Å². The number of nitriles is 1. The minimum atomic E-state index is -0.616. The van der Waals surface area contributed by atoms with Gasteiger partial charge in [-0.3, -0.25) is 4.57 Å². The van der Waals surface area contributed by atoms with Crippen molar-refractivity contribution in [1.82, 2.24) is 4.57 Å². The molecule has 0 bridgehead atoms. The van der Waals surface area contributed by atoms with E-state index in [0.717, 1.165) is 11.6 Å². The molecule has 0 saturated carbocycles. The Morgan fingerprint density at radius 2 is 1.92 bits per heavy atom. The molecule has 1 aromatic heterocycles. The highest BCUT2D eigenvalue weighted by Crippen LogP contribution is 2.37. The number of benzene rings is 2. The number of aromatic nitrogens is 1. The van der Waals surface area contributed by atoms with Gasteiger partial charge in [-0.15, -0.1) is 0 Å². The summed E-state index contributed by atoms with van der Waals surface area (Å²) >= 11 is 0. The zero-order valence-electron chi connectivity index (χ0n) is 13.0. The molecule has 3 aromatic rings. The SMILES string of the molecule is C=CC(=O)Oc1c(C#N)n(-c2ccccc2OC)c2ccccc12. The maximum absolute atomic E-state index is 11.7. The van der Waals surface area contributed by atoms with Gasteiger partial charge >= 0.3 is 5.97 Å². The van der Waals surface area contributed by atoms with Crippen molar-refractivity contribution in [3.05, 3.63) is 66.9 Å². The second-order valence-electron chi connectivity index (χ2n) is 4.94. The molecule has 0 fully saturated rings. The summed E-state index contributed by atoms with van der Waals surface area (Å²) in [6.07, 6.45) is 1.07. The Morgan fingerprint density at radius 3 is 2.62 bits per heavy atom. The normalized spacial score (nSPS) is 10.2. The molecule has 3 rings (SSSR count). The summed E-state index contributed by atoms with van der Waals surface area (Å²) in [4.78, 5) is 11.7. The molecule has 0 N–H and O–H groups in total. The van der Waals surface area contributed by atoms with Crippen molar-refractivity contribution < 1.29 is 14.3 Å². The molecule has 0 aliphatic carbocycles. The zero-order valence-corrected chi connectivity index (χ0v) is 13.0. The van der Waals surface area contributed by atoms with Crippen molar-refractivity contribution in [1.29, 1.82) is 5.26 Å². The van der Waals surface area contributed by atoms with Gasteiger partial charge in [0.05, 0.1) is 18.3 Å². The third kappa shape index (κ3) is 2.40. The number of methoxy groups -OCH3 is 1. The monoisotopic (exact) mass is 318 g/mol. The lowest BCUT2D eigenvalue weighted by atomic mass is 10.2. The van der Waals surface area contributed by atoms with Crippen LogP contribution in [0, 0.1) is 11.3 Å². The summed E-state index contributed by atoms with van der Waals surface area (Å²) in [5, 5.41) is 10.3. The molecule has 24 heavy (non-hydrogen) atoms. The molecular weight excluding hydrogens is 304 g/mol. The predicted molar refractivity (Wildman–Crippen MR) is 90.4 cm³/mol. The first-order chi connectivity index (χ1) is 11.7. The first-order valence-electron chi connectivity index (χ1n) is 7.22. The van der Waals surface area contributed by atoms with Gasteiger partial charge in [0.1, 0.15) is 11.8 Å². The van der Waals surface area contributed by atoms with Gasteiger partial charge in [-0.2, -0.15) is 5.26 Å². The Balaban J connectivity index is 2.38. The van der Waals surface area contributed by atoms with Gasteiger partial charge in [-0.05, 0) is 24.3 Å². The van der Waals surface area contributed by atoms with Crippen LogP contribution in [0.1, 0.15) is 5.69 Å². The van der Waals surface area contributed by atoms with Crippen LogP contribution in [0.3, 0.4) is 0 Å². The molecule has 0 unspecified atom stereocenters. The first kappa shape index (κ1) is 15.4. The molecule has 0 radical (unpaired) electrons. The van der Waals surface area contributed by atoms with Crippen molar-refractivity contribution in [2.75, 3.05) is 7.11 Å². The number of rotatable bonds is 4. The lowest BCUT2D eigenvalue weighted by molar-refractivity contribution is -0.128. The molecular formula is C19H14N2O3. The molecule has 5 nitrogen and oxygen atoms in total. The minimum Gasteiger partial charge on any atom is -0.495 e. The lowest BCUT2D eigenvalue weighted by Crippen LogP contribution is -2.05. The van der Waals surface area contributed by atoms with E-state index in [-0.39, 0.29) is 11.4 Å². The fraction of sp³-hybridized carbons (Fsp3) is 0.0526. The van der Waals surface area contributed by atoms with Crippen molar-refractivity contribution in [3.63, 3.8) is 0 Å². The van der Waals surface area contributed by atoms with Crippen LogP contribution in [0.4, 0.5) is 0 Å². The number of hydrogen-bond donors (Lipinski definition) is 0. The summed E-state index contributed by atoms with van der Waals surface area (Å²) in [6.45, 7) is 3.40. The summed E-state index contributed by atoms with van der Waals surface area (Å²) in [5.41, 5.74) is 1.65. The molecule has 2 aromatic carbocycles. The van der Waals surface area contributed by atoms with Gasteiger partial charge in [-0.25, -0.2) is 4.79 Å². The largest absolute Gasteiger partial charge is 0.495 e. The van der Waals surface area contributed by atoms with Crippen molar-refractivity contribution in [3.8, 4) is 23.3 Å². The number of esters is 1. The van der Waals surface area contributed by atoms with E-state index in [1.165, 1.54) is 0 Å². The number of fused-ring (bicyclic) bond motifs is 1. The van der Waals surface area contributed by atoms with Crippen LogP contribution in [-0.2, 0) is 4.79 Å². The maximum atomic E-state index is 11.7. The van der Waals surface area contributed by atoms with Crippen LogP contribution in [0.5, 0.6) is 11.5 Å².